The Kier molecular flexibility index (Phi) is 5.99. The molecule has 0 bridgehead atoms. The van der Waals surface area contributed by atoms with E-state index in [4.69, 9.17) is 23.2 Å². The lowest BCUT2D eigenvalue weighted by molar-refractivity contribution is 0.555. The molecule has 0 saturated carbocycles. The zero-order valence-electron chi connectivity index (χ0n) is 13.8. The number of hydrogen-bond acceptors (Lipinski definition) is 2. The Morgan fingerprint density at radius 3 is 2.12 bits per heavy atom. The van der Waals surface area contributed by atoms with Gasteiger partial charge in [0.25, 0.3) is 0 Å². The average molecular weight is 406 g/mol. The molecule has 0 fully saturated rings. The Labute approximate surface area is 163 Å². The van der Waals surface area contributed by atoms with Crippen molar-refractivity contribution >= 4 is 33.2 Å². The highest BCUT2D eigenvalue weighted by molar-refractivity contribution is 7.89. The highest BCUT2D eigenvalue weighted by atomic mass is 35.5. The van der Waals surface area contributed by atoms with Crippen LogP contribution in [0.25, 0.3) is 0 Å². The van der Waals surface area contributed by atoms with E-state index in [-0.39, 0.29) is 9.92 Å². The molecule has 0 aliphatic heterocycles. The van der Waals surface area contributed by atoms with Crippen molar-refractivity contribution in [2.24, 2.45) is 0 Å². The van der Waals surface area contributed by atoms with Crippen LogP contribution in [0.15, 0.2) is 83.8 Å². The number of nitrogens with one attached hydrogen (secondary N) is 1. The molecule has 6 heteroatoms. The van der Waals surface area contributed by atoms with Crippen LogP contribution in [-0.2, 0) is 16.4 Å². The first-order valence-corrected chi connectivity index (χ1v) is 10.3. The number of hydrogen-bond donors (Lipinski definition) is 1. The number of halogens is 2. The largest absolute Gasteiger partial charge is 0.242 e. The molecule has 1 unspecified atom stereocenters. The number of sulfonamides is 1. The number of rotatable bonds is 6. The first-order valence-electron chi connectivity index (χ1n) is 8.02. The predicted octanol–water partition coefficient (Wildman–Crippen LogP) is 5.26. The maximum Gasteiger partial charge on any atom is 0.242 e. The van der Waals surface area contributed by atoms with E-state index < -0.39 is 16.1 Å². The van der Waals surface area contributed by atoms with Crippen LogP contribution < -0.4 is 4.72 Å². The summed E-state index contributed by atoms with van der Waals surface area (Å²) in [6.07, 6.45) is 0.516. The van der Waals surface area contributed by atoms with Gasteiger partial charge in [0.15, 0.2) is 0 Å². The average Bonchev–Trinajstić information content (AvgIpc) is 2.64. The quantitative estimate of drug-likeness (QED) is 0.607. The van der Waals surface area contributed by atoms with Crippen molar-refractivity contribution in [1.82, 2.24) is 4.72 Å². The van der Waals surface area contributed by atoms with Crippen LogP contribution in [0.1, 0.15) is 17.2 Å². The lowest BCUT2D eigenvalue weighted by atomic mass is 10.00. The molecular weight excluding hydrogens is 389 g/mol. The van der Waals surface area contributed by atoms with Crippen molar-refractivity contribution < 1.29 is 8.42 Å². The molecule has 1 N–H and O–H groups in total. The second-order valence-corrected chi connectivity index (χ2v) is 8.38. The smallest absolute Gasteiger partial charge is 0.207 e. The zero-order chi connectivity index (χ0) is 18.6. The minimum atomic E-state index is -3.85. The van der Waals surface area contributed by atoms with Gasteiger partial charge in [-0.1, -0.05) is 83.9 Å². The highest BCUT2D eigenvalue weighted by Crippen LogP contribution is 2.27. The first kappa shape index (κ1) is 18.9. The van der Waals surface area contributed by atoms with E-state index in [1.54, 1.807) is 6.07 Å². The molecule has 3 nitrogen and oxygen atoms in total. The molecule has 1 atom stereocenters. The zero-order valence-corrected chi connectivity index (χ0v) is 16.1. The minimum Gasteiger partial charge on any atom is -0.207 e. The monoisotopic (exact) mass is 405 g/mol. The molecule has 0 radical (unpaired) electrons. The summed E-state index contributed by atoms with van der Waals surface area (Å²) in [5.74, 6) is 0. The lowest BCUT2D eigenvalue weighted by Crippen LogP contribution is -2.30. The van der Waals surface area contributed by atoms with Gasteiger partial charge < -0.3 is 0 Å². The van der Waals surface area contributed by atoms with Gasteiger partial charge in [0.2, 0.25) is 10.0 Å². The van der Waals surface area contributed by atoms with Gasteiger partial charge in [-0.2, -0.15) is 0 Å². The Hall–Kier alpha value is -1.85. The molecule has 0 spiro atoms. The molecule has 134 valence electrons. The lowest BCUT2D eigenvalue weighted by Gasteiger charge is -2.20. The summed E-state index contributed by atoms with van der Waals surface area (Å²) >= 11 is 12.0. The Bertz CT molecular complexity index is 977. The second-order valence-electron chi connectivity index (χ2n) is 5.85. The Morgan fingerprint density at radius 1 is 0.846 bits per heavy atom. The van der Waals surface area contributed by atoms with Gasteiger partial charge in [0.05, 0.1) is 11.1 Å². The molecule has 0 amide bonds. The molecule has 3 aromatic carbocycles. The minimum absolute atomic E-state index is 0.0272. The normalized spacial score (nSPS) is 12.7. The third kappa shape index (κ3) is 4.65. The standard InChI is InChI=1S/C20H17Cl2NO2S/c21-17-11-12-18(22)20(14-17)26(24,25)23-19(16-9-5-2-6-10-16)13-15-7-3-1-4-8-15/h1-12,14,19,23H,13H2. The van der Waals surface area contributed by atoms with E-state index in [2.05, 4.69) is 4.72 Å². The molecule has 26 heavy (non-hydrogen) atoms. The van der Waals surface area contributed by atoms with Crippen molar-refractivity contribution in [2.45, 2.75) is 17.4 Å². The maximum atomic E-state index is 12.9. The fraction of sp³-hybridized carbons (Fsp3) is 0.100. The summed E-state index contributed by atoms with van der Waals surface area (Å²) in [5, 5.41) is 0.447. The summed E-state index contributed by atoms with van der Waals surface area (Å²) in [4.78, 5) is -0.0272. The van der Waals surface area contributed by atoms with Crippen molar-refractivity contribution in [3.63, 3.8) is 0 Å². The molecular formula is C20H17Cl2NO2S. The summed E-state index contributed by atoms with van der Waals surface area (Å²) in [5.41, 5.74) is 1.90. The third-order valence-electron chi connectivity index (χ3n) is 3.96. The van der Waals surface area contributed by atoms with E-state index in [1.807, 2.05) is 60.7 Å². The SMILES string of the molecule is O=S(=O)(NC(Cc1ccccc1)c1ccccc1)c1cc(Cl)ccc1Cl. The molecule has 0 aromatic heterocycles. The van der Waals surface area contributed by atoms with Crippen LogP contribution in [0.3, 0.4) is 0 Å². The van der Waals surface area contributed by atoms with Gasteiger partial charge in [-0.05, 0) is 35.7 Å². The summed E-state index contributed by atoms with van der Waals surface area (Å²) in [6.45, 7) is 0. The summed E-state index contributed by atoms with van der Waals surface area (Å²) < 4.78 is 28.6. The van der Waals surface area contributed by atoms with Crippen molar-refractivity contribution in [2.75, 3.05) is 0 Å². The van der Waals surface area contributed by atoms with Crippen LogP contribution in [0.2, 0.25) is 10.0 Å². The van der Waals surface area contributed by atoms with E-state index >= 15 is 0 Å². The van der Waals surface area contributed by atoms with Gasteiger partial charge in [-0.3, -0.25) is 0 Å². The van der Waals surface area contributed by atoms with E-state index in [0.29, 0.717) is 11.4 Å². The fourth-order valence-electron chi connectivity index (χ4n) is 2.70. The van der Waals surface area contributed by atoms with Crippen LogP contribution in [0.4, 0.5) is 0 Å². The van der Waals surface area contributed by atoms with Crippen LogP contribution >= 0.6 is 23.2 Å². The van der Waals surface area contributed by atoms with E-state index in [0.717, 1.165) is 11.1 Å². The first-order chi connectivity index (χ1) is 12.5. The van der Waals surface area contributed by atoms with E-state index in [1.165, 1.54) is 12.1 Å². The van der Waals surface area contributed by atoms with Crippen molar-refractivity contribution in [3.8, 4) is 0 Å². The van der Waals surface area contributed by atoms with Crippen molar-refractivity contribution in [1.29, 1.82) is 0 Å². The van der Waals surface area contributed by atoms with Crippen LogP contribution in [0.5, 0.6) is 0 Å². The molecule has 0 heterocycles. The van der Waals surface area contributed by atoms with Gasteiger partial charge in [-0.25, -0.2) is 13.1 Å². The predicted molar refractivity (Wildman–Crippen MR) is 106 cm³/mol. The molecule has 0 aliphatic rings. The molecule has 3 rings (SSSR count). The Balaban J connectivity index is 1.96. The van der Waals surface area contributed by atoms with Gasteiger partial charge >= 0.3 is 0 Å². The molecule has 0 aliphatic carbocycles. The second kappa shape index (κ2) is 8.23. The molecule has 0 saturated heterocycles. The summed E-state index contributed by atoms with van der Waals surface area (Å²) in [7, 11) is -3.85. The maximum absolute atomic E-state index is 12.9. The fourth-order valence-corrected chi connectivity index (χ4v) is 4.68. The highest BCUT2D eigenvalue weighted by Gasteiger charge is 2.24. The third-order valence-corrected chi connectivity index (χ3v) is 6.15. The van der Waals surface area contributed by atoms with Gasteiger partial charge in [0.1, 0.15) is 4.90 Å². The summed E-state index contributed by atoms with van der Waals surface area (Å²) in [6, 6.07) is 23.1. The van der Waals surface area contributed by atoms with Crippen LogP contribution in [0, 0.1) is 0 Å². The molecule has 3 aromatic rings. The number of benzene rings is 3. The topological polar surface area (TPSA) is 46.2 Å². The van der Waals surface area contributed by atoms with Gasteiger partial charge in [-0.15, -0.1) is 0 Å². The van der Waals surface area contributed by atoms with Crippen molar-refractivity contribution in [3.05, 3.63) is 100 Å². The van der Waals surface area contributed by atoms with E-state index in [9.17, 15) is 8.42 Å². The van der Waals surface area contributed by atoms with Gasteiger partial charge in [0, 0.05) is 5.02 Å². The Morgan fingerprint density at radius 2 is 1.46 bits per heavy atom. The van der Waals surface area contributed by atoms with Crippen LogP contribution in [-0.4, -0.2) is 8.42 Å².